The first kappa shape index (κ1) is 28.4. The van der Waals surface area contributed by atoms with Gasteiger partial charge >= 0.3 is 224 Å². The summed E-state index contributed by atoms with van der Waals surface area (Å²) >= 11 is -0.977. The standard InChI is InChI=1S/2C14H21.C2H4.2In.2H/c2*1-3-5-7-10-13(4-2)14-11-8-6-9-12-14;1-2;;;;/h2*6,8-9,11-13H,2-5,7,10H2,1H3;1-2H2;;;;. The summed E-state index contributed by atoms with van der Waals surface area (Å²) in [5, 5.41) is 0. The molecule has 2 unspecified atom stereocenters. The van der Waals surface area contributed by atoms with Gasteiger partial charge in [-0.3, -0.25) is 0 Å². The van der Waals surface area contributed by atoms with Gasteiger partial charge in [-0.2, -0.15) is 0 Å². The summed E-state index contributed by atoms with van der Waals surface area (Å²) in [4.78, 5) is 0. The summed E-state index contributed by atoms with van der Waals surface area (Å²) in [5.74, 6) is 1.69. The predicted octanol–water partition coefficient (Wildman–Crippen LogP) is 9.04. The van der Waals surface area contributed by atoms with Gasteiger partial charge in [0.15, 0.2) is 0 Å². The molecule has 0 radical (unpaired) electrons. The van der Waals surface area contributed by atoms with Crippen molar-refractivity contribution >= 4 is 45.8 Å². The second-order valence-electron chi connectivity index (χ2n) is 9.91. The predicted molar refractivity (Wildman–Crippen MR) is 149 cm³/mol. The molecule has 0 aliphatic rings. The molecule has 0 spiro atoms. The van der Waals surface area contributed by atoms with Crippen LogP contribution in [0.3, 0.4) is 0 Å². The van der Waals surface area contributed by atoms with E-state index in [0.29, 0.717) is 0 Å². The fourth-order valence-electron chi connectivity index (χ4n) is 5.18. The summed E-state index contributed by atoms with van der Waals surface area (Å²) in [6, 6.07) is 22.8. The molecule has 2 aromatic carbocycles. The van der Waals surface area contributed by atoms with Crippen LogP contribution in [0.2, 0.25) is 16.7 Å². The molecule has 0 aliphatic carbocycles. The number of hydrogen-bond acceptors (Lipinski definition) is 0. The van der Waals surface area contributed by atoms with Gasteiger partial charge in [-0.1, -0.05) is 0 Å². The second kappa shape index (κ2) is 19.5. The number of rotatable bonds is 19. The molecule has 32 heavy (non-hydrogen) atoms. The van der Waals surface area contributed by atoms with E-state index in [2.05, 4.69) is 74.5 Å². The van der Waals surface area contributed by atoms with Crippen LogP contribution in [0.1, 0.15) is 101 Å². The second-order valence-corrected chi connectivity index (χ2v) is 22.0. The van der Waals surface area contributed by atoms with Crippen molar-refractivity contribution in [1.82, 2.24) is 0 Å². The molecule has 0 aromatic heterocycles. The van der Waals surface area contributed by atoms with Crippen molar-refractivity contribution in [2.24, 2.45) is 0 Å². The average molecular weight is 638 g/mol. The van der Waals surface area contributed by atoms with Crippen LogP contribution in [-0.4, -0.2) is 45.8 Å². The Hall–Kier alpha value is 0.180. The Bertz CT molecular complexity index is 596. The van der Waals surface area contributed by atoms with Gasteiger partial charge in [0.1, 0.15) is 0 Å². The molecule has 174 valence electrons. The van der Waals surface area contributed by atoms with E-state index < -0.39 is 45.8 Å². The molecule has 2 atom stereocenters. The minimum absolute atomic E-state index is 0.488. The van der Waals surface area contributed by atoms with Gasteiger partial charge in [-0.05, 0) is 0 Å². The molecule has 2 rings (SSSR count). The summed E-state index contributed by atoms with van der Waals surface area (Å²) in [6.45, 7) is 4.65. The van der Waals surface area contributed by atoms with Crippen LogP contribution < -0.4 is 0 Å². The molecule has 0 N–H and O–H groups in total. The Morgan fingerprint density at radius 2 is 0.906 bits per heavy atom. The Kier molecular flexibility index (Phi) is 17.3. The third kappa shape index (κ3) is 12.6. The first-order valence-corrected chi connectivity index (χ1v) is 25.4. The number of unbranched alkanes of at least 4 members (excludes halogenated alkanes) is 4. The van der Waals surface area contributed by atoms with Gasteiger partial charge in [-0.25, -0.2) is 0 Å². The fraction of sp³-hybridized carbons (Fsp3) is 0.600. The molecule has 0 nitrogen and oxygen atoms in total. The van der Waals surface area contributed by atoms with E-state index in [4.69, 9.17) is 0 Å². The monoisotopic (exact) mass is 638 g/mol. The van der Waals surface area contributed by atoms with Gasteiger partial charge in [0.25, 0.3) is 0 Å². The van der Waals surface area contributed by atoms with Crippen LogP contribution in [0.25, 0.3) is 0 Å². The molecule has 0 amide bonds. The molecule has 0 saturated heterocycles. The zero-order valence-corrected chi connectivity index (χ0v) is 29.3. The Balaban J connectivity index is 1.62. The molecule has 0 fully saturated rings. The summed E-state index contributed by atoms with van der Waals surface area (Å²) in [7, 11) is 0. The maximum absolute atomic E-state index is 2.38. The number of hydrogen-bond donors (Lipinski definition) is 0. The third-order valence-electron chi connectivity index (χ3n) is 7.21. The molecule has 0 bridgehead atoms. The number of benzene rings is 2. The van der Waals surface area contributed by atoms with Crippen LogP contribution in [0.5, 0.6) is 0 Å². The van der Waals surface area contributed by atoms with Crippen LogP contribution in [0.15, 0.2) is 60.7 Å². The maximum atomic E-state index is 2.38. The van der Waals surface area contributed by atoms with Crippen LogP contribution in [0.4, 0.5) is 0 Å². The van der Waals surface area contributed by atoms with E-state index in [9.17, 15) is 0 Å². The molecule has 0 saturated carbocycles. The van der Waals surface area contributed by atoms with Crippen molar-refractivity contribution in [2.45, 2.75) is 107 Å². The summed E-state index contributed by atoms with van der Waals surface area (Å²) < 4.78 is 6.73. The topological polar surface area (TPSA) is 0 Å². The third-order valence-corrected chi connectivity index (χ3v) is 26.2. The van der Waals surface area contributed by atoms with Crippen molar-refractivity contribution in [3.63, 3.8) is 0 Å². The SMILES string of the molecule is CCCCCC(C[CH2][InH][CH2][CH2][InH][CH2]CC(CCCCC)c1ccccc1)c1ccccc1. The van der Waals surface area contributed by atoms with Crippen molar-refractivity contribution in [3.8, 4) is 0 Å². The van der Waals surface area contributed by atoms with Gasteiger partial charge in [-0.15, -0.1) is 0 Å². The van der Waals surface area contributed by atoms with Gasteiger partial charge in [0, 0.05) is 0 Å². The molecule has 2 heteroatoms. The fourth-order valence-corrected chi connectivity index (χ4v) is 27.2. The summed E-state index contributed by atoms with van der Waals surface area (Å²) in [6.07, 6.45) is 14.2. The minimum atomic E-state index is -0.488. The van der Waals surface area contributed by atoms with Crippen molar-refractivity contribution in [2.75, 3.05) is 0 Å². The average Bonchev–Trinajstić information content (AvgIpc) is 2.84. The van der Waals surface area contributed by atoms with Crippen LogP contribution in [-0.2, 0) is 0 Å². The first-order valence-electron chi connectivity index (χ1n) is 13.9. The van der Waals surface area contributed by atoms with Gasteiger partial charge in [0.05, 0.1) is 0 Å². The van der Waals surface area contributed by atoms with Gasteiger partial charge in [0.2, 0.25) is 0 Å². The molecular weight excluding hydrogens is 590 g/mol. The summed E-state index contributed by atoms with van der Waals surface area (Å²) in [5.41, 5.74) is 3.23. The molecule has 0 heterocycles. The van der Waals surface area contributed by atoms with E-state index in [1.54, 1.807) is 27.8 Å². The van der Waals surface area contributed by atoms with Crippen molar-refractivity contribution in [3.05, 3.63) is 71.8 Å². The molecule has 0 aliphatic heterocycles. The molecule has 2 aromatic rings. The zero-order valence-electron chi connectivity index (χ0n) is 21.2. The van der Waals surface area contributed by atoms with Crippen LogP contribution >= 0.6 is 0 Å². The Morgan fingerprint density at radius 1 is 0.500 bits per heavy atom. The first-order chi connectivity index (χ1) is 15.8. The van der Waals surface area contributed by atoms with E-state index >= 15 is 0 Å². The molecular formula is C30H48In2. The van der Waals surface area contributed by atoms with E-state index in [1.807, 2.05) is 0 Å². The Morgan fingerprint density at radius 3 is 1.28 bits per heavy atom. The van der Waals surface area contributed by atoms with Gasteiger partial charge < -0.3 is 0 Å². The Labute approximate surface area is 222 Å². The normalized spacial score (nSPS) is 12.9. The quantitative estimate of drug-likeness (QED) is 0.135. The van der Waals surface area contributed by atoms with Crippen LogP contribution in [0, 0.1) is 0 Å². The van der Waals surface area contributed by atoms with Crippen molar-refractivity contribution < 1.29 is 0 Å². The van der Waals surface area contributed by atoms with E-state index in [0.717, 1.165) is 11.8 Å². The van der Waals surface area contributed by atoms with E-state index in [-0.39, 0.29) is 0 Å². The van der Waals surface area contributed by atoms with Crippen molar-refractivity contribution in [1.29, 1.82) is 0 Å². The zero-order chi connectivity index (χ0) is 22.7. The van der Waals surface area contributed by atoms with E-state index in [1.165, 1.54) is 64.2 Å².